The molecule has 1 amide bonds. The summed E-state index contributed by atoms with van der Waals surface area (Å²) in [5.41, 5.74) is 0.861. The molecule has 1 saturated heterocycles. The summed E-state index contributed by atoms with van der Waals surface area (Å²) in [7, 11) is 1.83. The standard InChI is InChI=1S/C10H14N4O/c1-14-5-2-9(10(14)15)13-7-8-6-11-3-4-12-8/h3-4,6,9,13H,2,5,7H2,1H3. The van der Waals surface area contributed by atoms with Crippen LogP contribution in [0.15, 0.2) is 18.6 Å². The van der Waals surface area contributed by atoms with E-state index >= 15 is 0 Å². The van der Waals surface area contributed by atoms with Gasteiger partial charge in [0.2, 0.25) is 5.91 Å². The van der Waals surface area contributed by atoms with Gasteiger partial charge in [0.1, 0.15) is 0 Å². The van der Waals surface area contributed by atoms with E-state index < -0.39 is 0 Å². The third-order valence-electron chi connectivity index (χ3n) is 2.57. The number of carbonyl (C=O) groups excluding carboxylic acids is 1. The Kier molecular flexibility index (Phi) is 2.91. The molecule has 1 aromatic heterocycles. The van der Waals surface area contributed by atoms with Crippen LogP contribution in [-0.2, 0) is 11.3 Å². The Balaban J connectivity index is 1.87. The molecular formula is C10H14N4O. The van der Waals surface area contributed by atoms with Crippen LogP contribution in [0.25, 0.3) is 0 Å². The second-order valence-electron chi connectivity index (χ2n) is 3.68. The first-order valence-electron chi connectivity index (χ1n) is 5.00. The lowest BCUT2D eigenvalue weighted by Gasteiger charge is -2.11. The van der Waals surface area contributed by atoms with Gasteiger partial charge in [-0.15, -0.1) is 0 Å². The van der Waals surface area contributed by atoms with Crippen molar-refractivity contribution in [2.75, 3.05) is 13.6 Å². The molecule has 15 heavy (non-hydrogen) atoms. The molecule has 0 saturated carbocycles. The average molecular weight is 206 g/mol. The molecule has 80 valence electrons. The number of hydrogen-bond acceptors (Lipinski definition) is 4. The second kappa shape index (κ2) is 4.35. The van der Waals surface area contributed by atoms with E-state index in [-0.39, 0.29) is 11.9 Å². The quantitative estimate of drug-likeness (QED) is 0.744. The van der Waals surface area contributed by atoms with E-state index in [1.54, 1.807) is 23.5 Å². The fourth-order valence-electron chi connectivity index (χ4n) is 1.66. The van der Waals surface area contributed by atoms with Gasteiger partial charge in [-0.25, -0.2) is 0 Å². The molecule has 1 atom stereocenters. The summed E-state index contributed by atoms with van der Waals surface area (Å²) < 4.78 is 0. The van der Waals surface area contributed by atoms with Crippen LogP contribution in [0.4, 0.5) is 0 Å². The summed E-state index contributed by atoms with van der Waals surface area (Å²) in [4.78, 5) is 21.4. The van der Waals surface area contributed by atoms with E-state index in [1.807, 2.05) is 7.05 Å². The third kappa shape index (κ3) is 2.30. The lowest BCUT2D eigenvalue weighted by Crippen LogP contribution is -2.36. The molecule has 2 rings (SSSR count). The van der Waals surface area contributed by atoms with Crippen LogP contribution < -0.4 is 5.32 Å². The second-order valence-corrected chi connectivity index (χ2v) is 3.68. The molecule has 1 aromatic rings. The first-order chi connectivity index (χ1) is 7.27. The minimum atomic E-state index is -0.0583. The molecule has 5 nitrogen and oxygen atoms in total. The zero-order valence-corrected chi connectivity index (χ0v) is 8.68. The van der Waals surface area contributed by atoms with Gasteiger partial charge in [0.05, 0.1) is 11.7 Å². The van der Waals surface area contributed by atoms with Crippen molar-refractivity contribution in [3.05, 3.63) is 24.3 Å². The van der Waals surface area contributed by atoms with Crippen molar-refractivity contribution in [1.29, 1.82) is 0 Å². The molecule has 0 radical (unpaired) electrons. The molecule has 5 heteroatoms. The molecule has 1 aliphatic rings. The summed E-state index contributed by atoms with van der Waals surface area (Å²) in [5.74, 6) is 0.166. The van der Waals surface area contributed by atoms with Gasteiger partial charge >= 0.3 is 0 Å². The van der Waals surface area contributed by atoms with Crippen LogP contribution in [0.1, 0.15) is 12.1 Å². The Morgan fingerprint density at radius 3 is 3.07 bits per heavy atom. The number of hydrogen-bond donors (Lipinski definition) is 1. The molecular weight excluding hydrogens is 192 g/mol. The molecule has 0 spiro atoms. The average Bonchev–Trinajstić information content (AvgIpc) is 2.59. The van der Waals surface area contributed by atoms with Crippen molar-refractivity contribution in [1.82, 2.24) is 20.2 Å². The monoisotopic (exact) mass is 206 g/mol. The van der Waals surface area contributed by atoms with Crippen molar-refractivity contribution >= 4 is 5.91 Å². The van der Waals surface area contributed by atoms with Crippen molar-refractivity contribution < 1.29 is 4.79 Å². The van der Waals surface area contributed by atoms with E-state index in [4.69, 9.17) is 0 Å². The molecule has 1 fully saturated rings. The van der Waals surface area contributed by atoms with E-state index in [0.717, 1.165) is 18.7 Å². The SMILES string of the molecule is CN1CCC(NCc2cnccn2)C1=O. The Morgan fingerprint density at radius 2 is 2.47 bits per heavy atom. The fraction of sp³-hybridized carbons (Fsp3) is 0.500. The van der Waals surface area contributed by atoms with Crippen LogP contribution in [0.5, 0.6) is 0 Å². The maximum atomic E-state index is 11.6. The highest BCUT2D eigenvalue weighted by Crippen LogP contribution is 2.08. The number of carbonyl (C=O) groups is 1. The van der Waals surface area contributed by atoms with E-state index in [9.17, 15) is 4.79 Å². The Labute approximate surface area is 88.5 Å². The molecule has 1 N–H and O–H groups in total. The molecule has 0 bridgehead atoms. The van der Waals surface area contributed by atoms with Crippen LogP contribution in [-0.4, -0.2) is 40.4 Å². The van der Waals surface area contributed by atoms with Crippen molar-refractivity contribution in [3.63, 3.8) is 0 Å². The lowest BCUT2D eigenvalue weighted by atomic mass is 10.2. The number of aromatic nitrogens is 2. The fourth-order valence-corrected chi connectivity index (χ4v) is 1.66. The Bertz CT molecular complexity index is 341. The van der Waals surface area contributed by atoms with Gasteiger partial charge in [0.15, 0.2) is 0 Å². The normalized spacial score (nSPS) is 21.0. The summed E-state index contributed by atoms with van der Waals surface area (Å²) in [6.45, 7) is 1.43. The highest BCUT2D eigenvalue weighted by atomic mass is 16.2. The van der Waals surface area contributed by atoms with Gasteiger partial charge < -0.3 is 10.2 Å². The van der Waals surface area contributed by atoms with Crippen LogP contribution in [0, 0.1) is 0 Å². The topological polar surface area (TPSA) is 58.1 Å². The predicted molar refractivity (Wildman–Crippen MR) is 54.9 cm³/mol. The highest BCUT2D eigenvalue weighted by molar-refractivity contribution is 5.83. The number of likely N-dealkylation sites (tertiary alicyclic amines) is 1. The zero-order chi connectivity index (χ0) is 10.7. The van der Waals surface area contributed by atoms with Crippen LogP contribution in [0.3, 0.4) is 0 Å². The Morgan fingerprint density at radius 1 is 1.60 bits per heavy atom. The van der Waals surface area contributed by atoms with Crippen molar-refractivity contribution in [2.45, 2.75) is 19.0 Å². The van der Waals surface area contributed by atoms with Crippen molar-refractivity contribution in [2.24, 2.45) is 0 Å². The maximum absolute atomic E-state index is 11.6. The summed E-state index contributed by atoms with van der Waals surface area (Å²) >= 11 is 0. The zero-order valence-electron chi connectivity index (χ0n) is 8.68. The largest absolute Gasteiger partial charge is 0.344 e. The summed E-state index contributed by atoms with van der Waals surface area (Å²) in [5, 5.41) is 3.18. The third-order valence-corrected chi connectivity index (χ3v) is 2.57. The first-order valence-corrected chi connectivity index (χ1v) is 5.00. The van der Waals surface area contributed by atoms with Gasteiger partial charge in [-0.05, 0) is 6.42 Å². The van der Waals surface area contributed by atoms with E-state index in [1.165, 1.54) is 0 Å². The first kappa shape index (κ1) is 10.0. The van der Waals surface area contributed by atoms with Gasteiger partial charge in [-0.1, -0.05) is 0 Å². The number of amides is 1. The van der Waals surface area contributed by atoms with Gasteiger partial charge in [0.25, 0.3) is 0 Å². The molecule has 1 unspecified atom stereocenters. The number of rotatable bonds is 3. The highest BCUT2D eigenvalue weighted by Gasteiger charge is 2.28. The molecule has 1 aliphatic heterocycles. The van der Waals surface area contributed by atoms with Crippen LogP contribution in [0.2, 0.25) is 0 Å². The number of likely N-dealkylation sites (N-methyl/N-ethyl adjacent to an activating group) is 1. The minimum Gasteiger partial charge on any atom is -0.344 e. The predicted octanol–water partition coefficient (Wildman–Crippen LogP) is -0.203. The van der Waals surface area contributed by atoms with E-state index in [2.05, 4.69) is 15.3 Å². The van der Waals surface area contributed by atoms with E-state index in [0.29, 0.717) is 6.54 Å². The van der Waals surface area contributed by atoms with Gasteiger partial charge in [-0.2, -0.15) is 0 Å². The molecule has 0 aromatic carbocycles. The van der Waals surface area contributed by atoms with Crippen LogP contribution >= 0.6 is 0 Å². The minimum absolute atomic E-state index is 0.0583. The smallest absolute Gasteiger partial charge is 0.239 e. The summed E-state index contributed by atoms with van der Waals surface area (Å²) in [6, 6.07) is -0.0583. The number of nitrogens with one attached hydrogen (secondary N) is 1. The van der Waals surface area contributed by atoms with Gasteiger partial charge in [0, 0.05) is 38.7 Å². The maximum Gasteiger partial charge on any atom is 0.239 e. The molecule has 0 aliphatic carbocycles. The Hall–Kier alpha value is -1.49. The van der Waals surface area contributed by atoms with Crippen molar-refractivity contribution in [3.8, 4) is 0 Å². The summed E-state index contributed by atoms with van der Waals surface area (Å²) in [6.07, 6.45) is 5.86. The molecule has 2 heterocycles. The number of nitrogens with zero attached hydrogens (tertiary/aromatic N) is 3. The van der Waals surface area contributed by atoms with Gasteiger partial charge in [-0.3, -0.25) is 14.8 Å². The lowest BCUT2D eigenvalue weighted by molar-refractivity contribution is -0.128.